The van der Waals surface area contributed by atoms with Crippen molar-refractivity contribution in [1.82, 2.24) is 5.06 Å². The van der Waals surface area contributed by atoms with Crippen LogP contribution < -0.4 is 0 Å². The van der Waals surface area contributed by atoms with Gasteiger partial charge < -0.3 is 4.84 Å². The first-order chi connectivity index (χ1) is 11.6. The minimum absolute atomic E-state index is 0.0604. The summed E-state index contributed by atoms with van der Waals surface area (Å²) in [6.07, 6.45) is 0.121. The van der Waals surface area contributed by atoms with Gasteiger partial charge in [-0.3, -0.25) is 9.59 Å². The number of hydrogen-bond donors (Lipinski definition) is 0. The first-order valence-corrected chi connectivity index (χ1v) is 7.28. The second kappa shape index (κ2) is 6.82. The zero-order chi connectivity index (χ0) is 16.9. The molecule has 120 valence electrons. The lowest BCUT2D eigenvalue weighted by Gasteiger charge is -2.12. The predicted molar refractivity (Wildman–Crippen MR) is 83.6 cm³/mol. The largest absolute Gasteiger partial charge is 0.363 e. The maximum Gasteiger partial charge on any atom is 0.363 e. The Morgan fingerprint density at radius 2 is 1.38 bits per heavy atom. The summed E-state index contributed by atoms with van der Waals surface area (Å²) < 4.78 is 0. The zero-order valence-electron chi connectivity index (χ0n) is 12.6. The van der Waals surface area contributed by atoms with Gasteiger partial charge >= 0.3 is 5.97 Å². The van der Waals surface area contributed by atoms with Crippen molar-refractivity contribution in [2.24, 2.45) is 10.2 Å². The third-order valence-corrected chi connectivity index (χ3v) is 3.32. The van der Waals surface area contributed by atoms with E-state index in [9.17, 15) is 14.4 Å². The monoisotopic (exact) mass is 323 g/mol. The van der Waals surface area contributed by atoms with E-state index in [1.807, 2.05) is 30.3 Å². The maximum absolute atomic E-state index is 12.0. The molecular formula is C17H13N3O4. The van der Waals surface area contributed by atoms with Crippen molar-refractivity contribution >= 4 is 29.2 Å². The molecule has 0 aliphatic carbocycles. The molecule has 0 aromatic heterocycles. The molecule has 7 heteroatoms. The molecule has 0 bridgehead atoms. The van der Waals surface area contributed by atoms with E-state index in [2.05, 4.69) is 10.2 Å². The number of azo groups is 1. The van der Waals surface area contributed by atoms with Crippen LogP contribution in [0.3, 0.4) is 0 Å². The number of amides is 2. The van der Waals surface area contributed by atoms with Crippen molar-refractivity contribution in [2.75, 3.05) is 0 Å². The van der Waals surface area contributed by atoms with Crippen molar-refractivity contribution in [3.05, 3.63) is 60.2 Å². The number of benzene rings is 2. The molecule has 24 heavy (non-hydrogen) atoms. The normalized spacial score (nSPS) is 14.4. The van der Waals surface area contributed by atoms with Crippen LogP contribution in [0.5, 0.6) is 0 Å². The summed E-state index contributed by atoms with van der Waals surface area (Å²) in [5.74, 6) is -1.80. The zero-order valence-corrected chi connectivity index (χ0v) is 12.6. The second-order valence-corrected chi connectivity index (χ2v) is 5.04. The van der Waals surface area contributed by atoms with Crippen LogP contribution in [0.25, 0.3) is 0 Å². The van der Waals surface area contributed by atoms with Crippen LogP contribution in [-0.2, 0) is 14.4 Å². The van der Waals surface area contributed by atoms with Gasteiger partial charge in [-0.15, -0.1) is 5.06 Å². The molecule has 2 aromatic carbocycles. The van der Waals surface area contributed by atoms with E-state index in [0.717, 1.165) is 0 Å². The fourth-order valence-electron chi connectivity index (χ4n) is 2.07. The molecule has 0 radical (unpaired) electrons. The molecule has 1 aliphatic rings. The van der Waals surface area contributed by atoms with Crippen molar-refractivity contribution < 1.29 is 19.2 Å². The highest BCUT2D eigenvalue weighted by atomic mass is 16.7. The molecule has 1 aliphatic heterocycles. The van der Waals surface area contributed by atoms with Crippen LogP contribution in [0.1, 0.15) is 23.2 Å². The third-order valence-electron chi connectivity index (χ3n) is 3.32. The average Bonchev–Trinajstić information content (AvgIpc) is 2.93. The summed E-state index contributed by atoms with van der Waals surface area (Å²) in [6, 6.07) is 15.4. The SMILES string of the molecule is O=C(ON1C(=O)CCC1=O)c1ccc(N=Nc2ccccc2)cc1. The minimum Gasteiger partial charge on any atom is -0.325 e. The molecule has 0 N–H and O–H groups in total. The van der Waals surface area contributed by atoms with Crippen molar-refractivity contribution in [2.45, 2.75) is 12.8 Å². The highest BCUT2D eigenvalue weighted by Crippen LogP contribution is 2.19. The van der Waals surface area contributed by atoms with E-state index < -0.39 is 17.8 Å². The Balaban J connectivity index is 1.66. The fourth-order valence-corrected chi connectivity index (χ4v) is 2.07. The van der Waals surface area contributed by atoms with E-state index >= 15 is 0 Å². The van der Waals surface area contributed by atoms with E-state index in [1.165, 1.54) is 12.1 Å². The smallest absolute Gasteiger partial charge is 0.325 e. The molecular weight excluding hydrogens is 310 g/mol. The molecule has 2 amide bonds. The minimum atomic E-state index is -0.773. The summed E-state index contributed by atoms with van der Waals surface area (Å²) in [6.45, 7) is 0. The van der Waals surface area contributed by atoms with Crippen LogP contribution >= 0.6 is 0 Å². The van der Waals surface area contributed by atoms with E-state index in [-0.39, 0.29) is 18.4 Å². The second-order valence-electron chi connectivity index (χ2n) is 5.04. The first kappa shape index (κ1) is 15.5. The van der Waals surface area contributed by atoms with Gasteiger partial charge in [0.05, 0.1) is 16.9 Å². The molecule has 0 saturated carbocycles. The van der Waals surface area contributed by atoms with Crippen LogP contribution in [0, 0.1) is 0 Å². The quantitative estimate of drug-likeness (QED) is 0.637. The van der Waals surface area contributed by atoms with Crippen LogP contribution in [0.4, 0.5) is 11.4 Å². The number of imide groups is 1. The number of rotatable bonds is 4. The average molecular weight is 323 g/mol. The summed E-state index contributed by atoms with van der Waals surface area (Å²) in [4.78, 5) is 39.6. The Morgan fingerprint density at radius 3 is 1.96 bits per heavy atom. The Bertz CT molecular complexity index is 784. The molecule has 1 fully saturated rings. The lowest BCUT2D eigenvalue weighted by atomic mass is 10.2. The lowest BCUT2D eigenvalue weighted by molar-refractivity contribution is -0.172. The third kappa shape index (κ3) is 3.52. The number of hydroxylamine groups is 2. The molecule has 1 heterocycles. The fraction of sp³-hybridized carbons (Fsp3) is 0.118. The van der Waals surface area contributed by atoms with Gasteiger partial charge in [0.15, 0.2) is 0 Å². The van der Waals surface area contributed by atoms with Crippen LogP contribution in [0.2, 0.25) is 0 Å². The lowest BCUT2D eigenvalue weighted by Crippen LogP contribution is -2.32. The predicted octanol–water partition coefficient (Wildman–Crippen LogP) is 3.32. The van der Waals surface area contributed by atoms with Crippen molar-refractivity contribution in [3.8, 4) is 0 Å². The Hall–Kier alpha value is -3.35. The van der Waals surface area contributed by atoms with Gasteiger partial charge in [0.25, 0.3) is 11.8 Å². The molecule has 2 aromatic rings. The van der Waals surface area contributed by atoms with Crippen LogP contribution in [-0.4, -0.2) is 22.8 Å². The number of nitrogens with zero attached hydrogens (tertiary/aromatic N) is 3. The van der Waals surface area contributed by atoms with Gasteiger partial charge in [-0.05, 0) is 36.4 Å². The van der Waals surface area contributed by atoms with Gasteiger partial charge in [-0.1, -0.05) is 18.2 Å². The van der Waals surface area contributed by atoms with E-state index in [4.69, 9.17) is 4.84 Å². The number of hydrogen-bond acceptors (Lipinski definition) is 6. The standard InChI is InChI=1S/C17H13N3O4/c21-15-10-11-16(22)20(15)24-17(23)12-6-8-14(9-7-12)19-18-13-4-2-1-3-5-13/h1-9H,10-11H2. The topological polar surface area (TPSA) is 88.4 Å². The Morgan fingerprint density at radius 1 is 0.833 bits per heavy atom. The highest BCUT2D eigenvalue weighted by molar-refractivity contribution is 6.02. The van der Waals surface area contributed by atoms with E-state index in [1.54, 1.807) is 12.1 Å². The molecule has 0 unspecified atom stereocenters. The van der Waals surface area contributed by atoms with Gasteiger partial charge in [0, 0.05) is 12.8 Å². The summed E-state index contributed by atoms with van der Waals surface area (Å²) in [5.41, 5.74) is 1.48. The van der Waals surface area contributed by atoms with Gasteiger partial charge in [-0.25, -0.2) is 4.79 Å². The summed E-state index contributed by atoms with van der Waals surface area (Å²) in [5, 5.41) is 8.64. The maximum atomic E-state index is 12.0. The Labute approximate surface area is 137 Å². The molecule has 3 rings (SSSR count). The van der Waals surface area contributed by atoms with Crippen molar-refractivity contribution in [1.29, 1.82) is 0 Å². The Kier molecular flexibility index (Phi) is 4.42. The molecule has 1 saturated heterocycles. The van der Waals surface area contributed by atoms with Gasteiger partial charge in [0.2, 0.25) is 0 Å². The number of carbonyl (C=O) groups is 3. The molecule has 0 atom stereocenters. The highest BCUT2D eigenvalue weighted by Gasteiger charge is 2.33. The van der Waals surface area contributed by atoms with Gasteiger partial charge in [-0.2, -0.15) is 10.2 Å². The van der Waals surface area contributed by atoms with Crippen molar-refractivity contribution in [3.63, 3.8) is 0 Å². The number of carbonyl (C=O) groups excluding carboxylic acids is 3. The first-order valence-electron chi connectivity index (χ1n) is 7.28. The molecule has 7 nitrogen and oxygen atoms in total. The summed E-state index contributed by atoms with van der Waals surface area (Å²) in [7, 11) is 0. The molecule has 0 spiro atoms. The summed E-state index contributed by atoms with van der Waals surface area (Å²) >= 11 is 0. The van der Waals surface area contributed by atoms with Crippen LogP contribution in [0.15, 0.2) is 64.8 Å². The van der Waals surface area contributed by atoms with E-state index in [0.29, 0.717) is 16.4 Å². The van der Waals surface area contributed by atoms with Gasteiger partial charge in [0.1, 0.15) is 0 Å².